The first kappa shape index (κ1) is 19.2. The zero-order chi connectivity index (χ0) is 18.1. The predicted molar refractivity (Wildman–Crippen MR) is 98.0 cm³/mol. The fourth-order valence-corrected chi connectivity index (χ4v) is 2.64. The van der Waals surface area contributed by atoms with Crippen LogP contribution in [0.3, 0.4) is 0 Å². The normalized spacial score (nSPS) is 14.9. The monoisotopic (exact) mass is 409 g/mol. The Kier molecular flexibility index (Phi) is 7.73. The average Bonchev–Trinajstić information content (AvgIpc) is 2.62. The molecule has 7 nitrogen and oxygen atoms in total. The molecule has 1 amide bonds. The molecule has 8 heteroatoms. The van der Waals surface area contributed by atoms with E-state index in [2.05, 4.69) is 32.4 Å². The fraction of sp³-hybridized carbons (Fsp3) is 0.412. The van der Waals surface area contributed by atoms with E-state index in [9.17, 15) is 4.79 Å². The molecule has 1 fully saturated rings. The van der Waals surface area contributed by atoms with Crippen LogP contribution in [0, 0.1) is 12.3 Å². The SMILES string of the molecule is C#CCOc1cc(Br)c(/C=N\NC(=O)CN2CCOCC2)cc1OC. The Hall–Kier alpha value is -2.08. The summed E-state index contributed by atoms with van der Waals surface area (Å²) in [5, 5.41) is 3.99. The third kappa shape index (κ3) is 6.05. The number of carbonyl (C=O) groups is 1. The van der Waals surface area contributed by atoms with Gasteiger partial charge < -0.3 is 14.2 Å². The number of hydrazone groups is 1. The first-order valence-electron chi connectivity index (χ1n) is 7.70. The Morgan fingerprint density at radius 3 is 2.92 bits per heavy atom. The zero-order valence-corrected chi connectivity index (χ0v) is 15.5. The van der Waals surface area contributed by atoms with Crippen molar-refractivity contribution in [2.45, 2.75) is 0 Å². The van der Waals surface area contributed by atoms with Crippen LogP contribution in [-0.4, -0.2) is 63.6 Å². The summed E-state index contributed by atoms with van der Waals surface area (Å²) in [5.74, 6) is 3.29. The van der Waals surface area contributed by atoms with E-state index in [-0.39, 0.29) is 12.5 Å². The van der Waals surface area contributed by atoms with Crippen LogP contribution in [0.5, 0.6) is 11.5 Å². The van der Waals surface area contributed by atoms with Crippen molar-refractivity contribution in [2.75, 3.05) is 46.6 Å². The van der Waals surface area contributed by atoms with Crippen molar-refractivity contribution in [3.63, 3.8) is 0 Å². The highest BCUT2D eigenvalue weighted by Gasteiger charge is 2.13. The van der Waals surface area contributed by atoms with Crippen molar-refractivity contribution in [1.29, 1.82) is 0 Å². The van der Waals surface area contributed by atoms with Gasteiger partial charge in [0.25, 0.3) is 5.91 Å². The van der Waals surface area contributed by atoms with Gasteiger partial charge in [-0.3, -0.25) is 9.69 Å². The summed E-state index contributed by atoms with van der Waals surface area (Å²) in [6.07, 6.45) is 6.73. The van der Waals surface area contributed by atoms with Crippen LogP contribution >= 0.6 is 15.9 Å². The van der Waals surface area contributed by atoms with Gasteiger partial charge in [-0.15, -0.1) is 6.42 Å². The Labute approximate surface area is 155 Å². The summed E-state index contributed by atoms with van der Waals surface area (Å²) in [7, 11) is 1.54. The maximum atomic E-state index is 11.9. The third-order valence-corrected chi connectivity index (χ3v) is 4.14. The van der Waals surface area contributed by atoms with Crippen LogP contribution in [0.4, 0.5) is 0 Å². The maximum Gasteiger partial charge on any atom is 0.254 e. The average molecular weight is 410 g/mol. The molecule has 0 saturated carbocycles. The van der Waals surface area contributed by atoms with Crippen molar-refractivity contribution in [1.82, 2.24) is 10.3 Å². The number of nitrogens with one attached hydrogen (secondary N) is 1. The van der Waals surface area contributed by atoms with Gasteiger partial charge in [-0.05, 0) is 28.1 Å². The molecule has 0 radical (unpaired) electrons. The van der Waals surface area contributed by atoms with Crippen molar-refractivity contribution in [2.24, 2.45) is 5.10 Å². The molecule has 1 N–H and O–H groups in total. The second-order valence-corrected chi connectivity index (χ2v) is 6.05. The minimum atomic E-state index is -0.171. The number of terminal acetylenes is 1. The summed E-state index contributed by atoms with van der Waals surface area (Å²) < 4.78 is 16.7. The first-order chi connectivity index (χ1) is 12.1. The molecule has 0 bridgehead atoms. The summed E-state index contributed by atoms with van der Waals surface area (Å²) in [5.41, 5.74) is 3.25. The van der Waals surface area contributed by atoms with Gasteiger partial charge >= 0.3 is 0 Å². The molecule has 1 aromatic carbocycles. The van der Waals surface area contributed by atoms with E-state index < -0.39 is 0 Å². The van der Waals surface area contributed by atoms with E-state index in [0.29, 0.717) is 31.3 Å². The van der Waals surface area contributed by atoms with Crippen LogP contribution in [-0.2, 0) is 9.53 Å². The zero-order valence-electron chi connectivity index (χ0n) is 14.0. The standard InChI is InChI=1S/C17H20BrN3O4/c1-3-6-25-16-10-14(18)13(9-15(16)23-2)11-19-20-17(22)12-21-4-7-24-8-5-21/h1,9-11H,4-8,12H2,2H3,(H,20,22)/b19-11-. The molecule has 1 saturated heterocycles. The largest absolute Gasteiger partial charge is 0.493 e. The highest BCUT2D eigenvalue weighted by molar-refractivity contribution is 9.10. The minimum absolute atomic E-state index is 0.147. The summed E-state index contributed by atoms with van der Waals surface area (Å²) in [6, 6.07) is 3.49. The Balaban J connectivity index is 1.95. The van der Waals surface area contributed by atoms with Gasteiger partial charge in [0.15, 0.2) is 11.5 Å². The molecule has 1 aliphatic heterocycles. The number of hydrogen-bond acceptors (Lipinski definition) is 6. The van der Waals surface area contributed by atoms with Gasteiger partial charge in [-0.2, -0.15) is 5.10 Å². The second-order valence-electron chi connectivity index (χ2n) is 5.20. The lowest BCUT2D eigenvalue weighted by molar-refractivity contribution is -0.123. The topological polar surface area (TPSA) is 72.4 Å². The number of halogens is 1. The van der Waals surface area contributed by atoms with Crippen LogP contribution in [0.25, 0.3) is 0 Å². The van der Waals surface area contributed by atoms with Gasteiger partial charge in [0, 0.05) is 23.1 Å². The van der Waals surface area contributed by atoms with E-state index in [1.165, 1.54) is 13.3 Å². The molecule has 0 spiro atoms. The van der Waals surface area contributed by atoms with Crippen molar-refractivity contribution in [3.8, 4) is 23.8 Å². The van der Waals surface area contributed by atoms with Gasteiger partial charge in [-0.25, -0.2) is 5.43 Å². The fourth-order valence-electron chi connectivity index (χ4n) is 2.21. The molecular formula is C17H20BrN3O4. The predicted octanol–water partition coefficient (Wildman–Crippen LogP) is 1.25. The van der Waals surface area contributed by atoms with Gasteiger partial charge in [0.1, 0.15) is 6.61 Å². The number of nitrogens with zero attached hydrogens (tertiary/aromatic N) is 2. The maximum absolute atomic E-state index is 11.9. The van der Waals surface area contributed by atoms with E-state index in [1.807, 2.05) is 4.90 Å². The number of amides is 1. The third-order valence-electron chi connectivity index (χ3n) is 3.46. The lowest BCUT2D eigenvalue weighted by Gasteiger charge is -2.25. The lowest BCUT2D eigenvalue weighted by atomic mass is 10.2. The van der Waals surface area contributed by atoms with Gasteiger partial charge in [0.2, 0.25) is 0 Å². The van der Waals surface area contributed by atoms with Crippen LogP contribution in [0.2, 0.25) is 0 Å². The molecule has 0 unspecified atom stereocenters. The number of ether oxygens (including phenoxy) is 3. The quantitative estimate of drug-likeness (QED) is 0.416. The second kappa shape index (κ2) is 10.0. The Morgan fingerprint density at radius 1 is 1.48 bits per heavy atom. The molecule has 0 aliphatic carbocycles. The Bertz CT molecular complexity index is 667. The highest BCUT2D eigenvalue weighted by Crippen LogP contribution is 2.32. The molecule has 1 aliphatic rings. The van der Waals surface area contributed by atoms with Crippen molar-refractivity contribution < 1.29 is 19.0 Å². The van der Waals surface area contributed by atoms with E-state index in [0.717, 1.165) is 23.1 Å². The number of benzene rings is 1. The number of methoxy groups -OCH3 is 1. The van der Waals surface area contributed by atoms with Gasteiger partial charge in [0.05, 0.1) is 33.1 Å². The summed E-state index contributed by atoms with van der Waals surface area (Å²) in [4.78, 5) is 13.9. The first-order valence-corrected chi connectivity index (χ1v) is 8.49. The smallest absolute Gasteiger partial charge is 0.254 e. The summed E-state index contributed by atoms with van der Waals surface area (Å²) in [6.45, 7) is 3.24. The molecule has 0 atom stereocenters. The number of carbonyl (C=O) groups excluding carboxylic acids is 1. The molecule has 0 aromatic heterocycles. The molecule has 2 rings (SSSR count). The van der Waals surface area contributed by atoms with Crippen LogP contribution < -0.4 is 14.9 Å². The van der Waals surface area contributed by atoms with Crippen LogP contribution in [0.15, 0.2) is 21.7 Å². The number of morpholine rings is 1. The van der Waals surface area contributed by atoms with E-state index in [1.54, 1.807) is 12.1 Å². The lowest BCUT2D eigenvalue weighted by Crippen LogP contribution is -2.42. The Morgan fingerprint density at radius 2 is 2.24 bits per heavy atom. The van der Waals surface area contributed by atoms with Gasteiger partial charge in [-0.1, -0.05) is 5.92 Å². The molecular weight excluding hydrogens is 390 g/mol. The number of rotatable bonds is 7. The van der Waals surface area contributed by atoms with Crippen molar-refractivity contribution in [3.05, 3.63) is 22.2 Å². The van der Waals surface area contributed by atoms with E-state index >= 15 is 0 Å². The summed E-state index contributed by atoms with van der Waals surface area (Å²) >= 11 is 3.44. The molecule has 1 heterocycles. The van der Waals surface area contributed by atoms with Crippen molar-refractivity contribution >= 4 is 28.1 Å². The number of hydrogen-bond donors (Lipinski definition) is 1. The molecule has 1 aromatic rings. The molecule has 134 valence electrons. The highest BCUT2D eigenvalue weighted by atomic mass is 79.9. The van der Waals surface area contributed by atoms with E-state index in [4.69, 9.17) is 20.6 Å². The minimum Gasteiger partial charge on any atom is -0.493 e. The van der Waals surface area contributed by atoms with Crippen LogP contribution in [0.1, 0.15) is 5.56 Å². The molecule has 25 heavy (non-hydrogen) atoms.